The fraction of sp³-hybridized carbons (Fsp3) is 0.0667. The van der Waals surface area contributed by atoms with Crippen LogP contribution in [-0.2, 0) is 10.8 Å². The molecule has 0 amide bonds. The Morgan fingerprint density at radius 2 is 0.892 bits per heavy atom. The van der Waals surface area contributed by atoms with Crippen LogP contribution in [-0.4, -0.2) is 19.9 Å². The molecule has 5 heteroatoms. The summed E-state index contributed by atoms with van der Waals surface area (Å²) in [7, 11) is 0. The zero-order valence-electron chi connectivity index (χ0n) is 35.8. The Bertz CT molecular complexity index is 3540. The van der Waals surface area contributed by atoms with Crippen LogP contribution in [0.4, 0.5) is 0 Å². The van der Waals surface area contributed by atoms with Gasteiger partial charge >= 0.3 is 0 Å². The van der Waals surface area contributed by atoms with Gasteiger partial charge in [-0.1, -0.05) is 178 Å². The van der Waals surface area contributed by atoms with E-state index in [-0.39, 0.29) is 5.41 Å². The minimum Gasteiger partial charge on any atom is -0.457 e. The van der Waals surface area contributed by atoms with Crippen LogP contribution in [0.25, 0.3) is 78.7 Å². The number of aromatic nitrogens is 4. The van der Waals surface area contributed by atoms with Crippen LogP contribution in [0, 0.1) is 0 Å². The second-order valence-corrected chi connectivity index (χ2v) is 17.8. The highest BCUT2D eigenvalue weighted by molar-refractivity contribution is 5.95. The van der Waals surface area contributed by atoms with Crippen LogP contribution in [0.5, 0.6) is 11.5 Å². The second-order valence-electron chi connectivity index (χ2n) is 17.8. The maximum absolute atomic E-state index is 7.12. The lowest BCUT2D eigenvalue weighted by Crippen LogP contribution is -2.35. The Kier molecular flexibility index (Phi) is 8.10. The standard InChI is InChI=1S/C60H40N4O/c1-59(2)47-25-13-11-24-44(47)46-32-52-56(33-50(46)59)65-55-28-16-15-27-49(55)60(52)48-26-14-12-23-43(48)41-21-9-10-22-42(41)45-30-29-39(31-51(45)60)54-34-53(37-17-5-3-6-18-37)63-58(64-54)40-35-61-57(62-36-40)38-19-7-4-8-20-38/h3-36H,1-2H3. The average molecular weight is 833 g/mol. The molecule has 2 aromatic heterocycles. The van der Waals surface area contributed by atoms with Gasteiger partial charge in [0.1, 0.15) is 11.5 Å². The smallest absolute Gasteiger partial charge is 0.163 e. The van der Waals surface area contributed by atoms with Crippen LogP contribution < -0.4 is 4.74 Å². The summed E-state index contributed by atoms with van der Waals surface area (Å²) >= 11 is 0. The first-order valence-electron chi connectivity index (χ1n) is 22.2. The normalized spacial score (nSPS) is 15.5. The molecule has 1 spiro atoms. The lowest BCUT2D eigenvalue weighted by Gasteiger charge is -2.43. The number of fused-ring (bicyclic) bond motifs is 14. The minimum atomic E-state index is -0.804. The first-order chi connectivity index (χ1) is 32.0. The maximum Gasteiger partial charge on any atom is 0.163 e. The Labute approximate surface area is 377 Å². The lowest BCUT2D eigenvalue weighted by atomic mass is 9.61. The first-order valence-corrected chi connectivity index (χ1v) is 22.2. The summed E-state index contributed by atoms with van der Waals surface area (Å²) in [4.78, 5) is 20.1. The third-order valence-electron chi connectivity index (χ3n) is 13.9. The fourth-order valence-corrected chi connectivity index (χ4v) is 10.9. The molecule has 0 saturated heterocycles. The highest BCUT2D eigenvalue weighted by Gasteiger charge is 2.51. The molecule has 2 aliphatic carbocycles. The number of para-hydroxylation sites is 1. The molecule has 10 aromatic rings. The topological polar surface area (TPSA) is 60.8 Å². The van der Waals surface area contributed by atoms with Crippen LogP contribution in [0.2, 0.25) is 0 Å². The predicted molar refractivity (Wildman–Crippen MR) is 260 cm³/mol. The van der Waals surface area contributed by atoms with Crippen LogP contribution in [0.3, 0.4) is 0 Å². The van der Waals surface area contributed by atoms with Crippen molar-refractivity contribution >= 4 is 0 Å². The van der Waals surface area contributed by atoms with Gasteiger partial charge in [0.05, 0.1) is 22.4 Å². The molecule has 13 rings (SSSR count). The summed E-state index contributed by atoms with van der Waals surface area (Å²) in [5.74, 6) is 2.93. The Balaban J connectivity index is 1.11. The Morgan fingerprint density at radius 3 is 1.60 bits per heavy atom. The van der Waals surface area contributed by atoms with Crippen molar-refractivity contribution in [2.45, 2.75) is 24.7 Å². The SMILES string of the molecule is CC1(C)c2ccccc2-c2cc3c(cc21)Oc1ccccc1C31c2ccccc2-c2ccccc2-c2ccc(-c3cc(-c4ccccc4)nc(-c4cnc(-c5ccccc5)nc4)n3)cc21. The zero-order valence-corrected chi connectivity index (χ0v) is 35.8. The molecule has 0 radical (unpaired) electrons. The number of ether oxygens (including phenoxy) is 1. The Hall–Kier alpha value is -8.28. The largest absolute Gasteiger partial charge is 0.457 e. The summed E-state index contributed by atoms with van der Waals surface area (Å²) in [6, 6.07) is 69.5. The number of rotatable bonds is 4. The molecule has 0 fully saturated rings. The van der Waals surface area contributed by atoms with Gasteiger partial charge in [-0.25, -0.2) is 19.9 Å². The average Bonchev–Trinajstić information content (AvgIpc) is 3.53. The van der Waals surface area contributed by atoms with Crippen LogP contribution >= 0.6 is 0 Å². The quantitative estimate of drug-likeness (QED) is 0.177. The summed E-state index contributed by atoms with van der Waals surface area (Å²) in [6.45, 7) is 4.67. The first kappa shape index (κ1) is 37.3. The molecule has 3 aliphatic rings. The van der Waals surface area contributed by atoms with E-state index in [1.807, 2.05) is 60.9 Å². The van der Waals surface area contributed by atoms with Gasteiger partial charge in [-0.2, -0.15) is 0 Å². The van der Waals surface area contributed by atoms with E-state index in [4.69, 9.17) is 24.7 Å². The van der Waals surface area contributed by atoms with E-state index in [1.165, 1.54) is 44.5 Å². The van der Waals surface area contributed by atoms with Crippen molar-refractivity contribution in [2.24, 2.45) is 0 Å². The van der Waals surface area contributed by atoms with E-state index in [9.17, 15) is 0 Å². The van der Waals surface area contributed by atoms with Crippen molar-refractivity contribution in [1.82, 2.24) is 19.9 Å². The Morgan fingerprint density at radius 1 is 0.338 bits per heavy atom. The molecule has 0 N–H and O–H groups in total. The van der Waals surface area contributed by atoms with Gasteiger partial charge in [-0.05, 0) is 86.0 Å². The molecule has 1 aliphatic heterocycles. The monoisotopic (exact) mass is 832 g/mol. The molecule has 1 unspecified atom stereocenters. The van der Waals surface area contributed by atoms with Crippen molar-refractivity contribution in [2.75, 3.05) is 0 Å². The van der Waals surface area contributed by atoms with Gasteiger partial charge < -0.3 is 4.74 Å². The molecule has 0 bridgehead atoms. The van der Waals surface area contributed by atoms with Crippen molar-refractivity contribution < 1.29 is 4.74 Å². The highest BCUT2D eigenvalue weighted by Crippen LogP contribution is 2.63. The molecular formula is C60H40N4O. The van der Waals surface area contributed by atoms with E-state index >= 15 is 0 Å². The molecule has 5 nitrogen and oxygen atoms in total. The van der Waals surface area contributed by atoms with E-state index < -0.39 is 5.41 Å². The predicted octanol–water partition coefficient (Wildman–Crippen LogP) is 14.4. The van der Waals surface area contributed by atoms with Gasteiger partial charge in [-0.15, -0.1) is 0 Å². The van der Waals surface area contributed by atoms with Crippen molar-refractivity contribution in [3.8, 4) is 90.2 Å². The molecule has 8 aromatic carbocycles. The minimum absolute atomic E-state index is 0.203. The number of benzene rings is 8. The van der Waals surface area contributed by atoms with Crippen molar-refractivity contribution in [3.63, 3.8) is 0 Å². The highest BCUT2D eigenvalue weighted by atomic mass is 16.5. The third kappa shape index (κ3) is 5.52. The van der Waals surface area contributed by atoms with Crippen LogP contribution in [0.15, 0.2) is 207 Å². The van der Waals surface area contributed by atoms with Crippen LogP contribution in [0.1, 0.15) is 47.2 Å². The van der Waals surface area contributed by atoms with Crippen molar-refractivity contribution in [1.29, 1.82) is 0 Å². The number of hydrogen-bond acceptors (Lipinski definition) is 5. The zero-order chi connectivity index (χ0) is 43.3. The second kappa shape index (κ2) is 14.1. The maximum atomic E-state index is 7.12. The van der Waals surface area contributed by atoms with E-state index in [0.29, 0.717) is 11.6 Å². The molecule has 3 heterocycles. The van der Waals surface area contributed by atoms with E-state index in [1.54, 1.807) is 0 Å². The molecule has 1 atom stereocenters. The van der Waals surface area contributed by atoms with E-state index in [2.05, 4.69) is 159 Å². The number of hydrogen-bond donors (Lipinski definition) is 0. The molecule has 306 valence electrons. The summed E-state index contributed by atoms with van der Waals surface area (Å²) in [6.07, 6.45) is 3.66. The lowest BCUT2D eigenvalue weighted by molar-refractivity contribution is 0.433. The fourth-order valence-electron chi connectivity index (χ4n) is 10.9. The molecule has 0 saturated carbocycles. The van der Waals surface area contributed by atoms with Gasteiger partial charge in [0.15, 0.2) is 11.6 Å². The van der Waals surface area contributed by atoms with Crippen molar-refractivity contribution in [3.05, 3.63) is 240 Å². The molecule has 65 heavy (non-hydrogen) atoms. The van der Waals surface area contributed by atoms with Gasteiger partial charge in [0, 0.05) is 45.6 Å². The van der Waals surface area contributed by atoms with Gasteiger partial charge in [0.25, 0.3) is 0 Å². The summed E-state index contributed by atoms with van der Waals surface area (Å²) in [5.41, 5.74) is 18.7. The summed E-state index contributed by atoms with van der Waals surface area (Å²) in [5, 5.41) is 0. The molecular weight excluding hydrogens is 793 g/mol. The third-order valence-corrected chi connectivity index (χ3v) is 13.9. The van der Waals surface area contributed by atoms with Gasteiger partial charge in [0.2, 0.25) is 0 Å². The van der Waals surface area contributed by atoms with Gasteiger partial charge in [-0.3, -0.25) is 0 Å². The van der Waals surface area contributed by atoms with E-state index in [0.717, 1.165) is 67.4 Å². The number of nitrogens with zero attached hydrogens (tertiary/aromatic N) is 4. The summed E-state index contributed by atoms with van der Waals surface area (Å²) < 4.78 is 7.12.